The van der Waals surface area contributed by atoms with Crippen LogP contribution in [0.1, 0.15) is 4.88 Å². The molecule has 1 fully saturated rings. The standard InChI is InChI=1S/C24H22N4OS/c29-22(17-19-9-6-16-30-19)27-12-14-28(15-13-27)24-23(18-7-2-1-3-8-18)25-20-10-4-5-11-21(20)26-24/h1-11,16H,12-15,17H2. The number of anilines is 1. The highest BCUT2D eigenvalue weighted by atomic mass is 32.1. The number of para-hydroxylation sites is 2. The Bertz CT molecular complexity index is 1150. The van der Waals surface area contributed by atoms with E-state index in [1.807, 2.05) is 64.9 Å². The zero-order valence-electron chi connectivity index (χ0n) is 16.6. The Morgan fingerprint density at radius 1 is 0.833 bits per heavy atom. The zero-order valence-corrected chi connectivity index (χ0v) is 17.4. The number of nitrogens with zero attached hydrogens (tertiary/aromatic N) is 4. The first-order valence-corrected chi connectivity index (χ1v) is 11.0. The molecule has 0 bridgehead atoms. The summed E-state index contributed by atoms with van der Waals surface area (Å²) in [4.78, 5) is 27.9. The highest BCUT2D eigenvalue weighted by Crippen LogP contribution is 2.30. The van der Waals surface area contributed by atoms with Crippen LogP contribution in [-0.2, 0) is 11.2 Å². The van der Waals surface area contributed by atoms with E-state index in [9.17, 15) is 4.79 Å². The molecule has 0 radical (unpaired) electrons. The van der Waals surface area contributed by atoms with Crippen molar-refractivity contribution in [1.82, 2.24) is 14.9 Å². The van der Waals surface area contributed by atoms with Gasteiger partial charge in [-0.25, -0.2) is 9.97 Å². The van der Waals surface area contributed by atoms with Crippen LogP contribution in [0.5, 0.6) is 0 Å². The minimum Gasteiger partial charge on any atom is -0.351 e. The number of carbonyl (C=O) groups excluding carboxylic acids is 1. The molecule has 6 heteroatoms. The van der Waals surface area contributed by atoms with Gasteiger partial charge in [0, 0.05) is 36.6 Å². The van der Waals surface area contributed by atoms with Crippen LogP contribution in [0.25, 0.3) is 22.3 Å². The molecule has 4 aromatic rings. The molecule has 2 aromatic carbocycles. The van der Waals surface area contributed by atoms with Gasteiger partial charge in [0.2, 0.25) is 5.91 Å². The summed E-state index contributed by atoms with van der Waals surface area (Å²) in [6.07, 6.45) is 0.489. The number of piperazine rings is 1. The van der Waals surface area contributed by atoms with Gasteiger partial charge in [-0.1, -0.05) is 48.5 Å². The molecule has 0 atom stereocenters. The molecular weight excluding hydrogens is 392 g/mol. The SMILES string of the molecule is O=C(Cc1cccs1)N1CCN(c2nc3ccccc3nc2-c2ccccc2)CC1. The van der Waals surface area contributed by atoms with Crippen molar-refractivity contribution >= 4 is 34.1 Å². The van der Waals surface area contributed by atoms with Crippen molar-refractivity contribution in [3.05, 3.63) is 77.0 Å². The maximum atomic E-state index is 12.7. The van der Waals surface area contributed by atoms with Gasteiger partial charge < -0.3 is 9.80 Å². The third kappa shape index (κ3) is 3.78. The summed E-state index contributed by atoms with van der Waals surface area (Å²) < 4.78 is 0. The topological polar surface area (TPSA) is 49.3 Å². The summed E-state index contributed by atoms with van der Waals surface area (Å²) in [7, 11) is 0. The largest absolute Gasteiger partial charge is 0.351 e. The van der Waals surface area contributed by atoms with E-state index >= 15 is 0 Å². The van der Waals surface area contributed by atoms with Crippen LogP contribution in [0.3, 0.4) is 0 Å². The molecular formula is C24H22N4OS. The average Bonchev–Trinajstić information content (AvgIpc) is 3.32. The Morgan fingerprint density at radius 3 is 2.23 bits per heavy atom. The smallest absolute Gasteiger partial charge is 0.227 e. The number of hydrogen-bond donors (Lipinski definition) is 0. The van der Waals surface area contributed by atoms with Crippen molar-refractivity contribution in [2.24, 2.45) is 0 Å². The minimum atomic E-state index is 0.199. The van der Waals surface area contributed by atoms with Gasteiger partial charge in [0.15, 0.2) is 5.82 Å². The Labute approximate surface area is 179 Å². The molecule has 2 aromatic heterocycles. The van der Waals surface area contributed by atoms with Crippen molar-refractivity contribution in [2.75, 3.05) is 31.1 Å². The van der Waals surface area contributed by atoms with Gasteiger partial charge in [0.25, 0.3) is 0 Å². The first kappa shape index (κ1) is 18.8. The minimum absolute atomic E-state index is 0.199. The number of thiophene rings is 1. The van der Waals surface area contributed by atoms with Crippen molar-refractivity contribution < 1.29 is 4.79 Å². The predicted octanol–water partition coefficient (Wildman–Crippen LogP) is 4.25. The maximum Gasteiger partial charge on any atom is 0.227 e. The molecule has 0 unspecified atom stereocenters. The molecule has 1 saturated heterocycles. The molecule has 150 valence electrons. The van der Waals surface area contributed by atoms with Gasteiger partial charge in [-0.2, -0.15) is 0 Å². The zero-order chi connectivity index (χ0) is 20.3. The lowest BCUT2D eigenvalue weighted by atomic mass is 10.1. The summed E-state index contributed by atoms with van der Waals surface area (Å²) in [6.45, 7) is 2.91. The summed E-state index contributed by atoms with van der Waals surface area (Å²) >= 11 is 1.64. The molecule has 0 spiro atoms. The molecule has 1 aliphatic rings. The van der Waals surface area contributed by atoms with Gasteiger partial charge in [-0.05, 0) is 23.6 Å². The van der Waals surface area contributed by atoms with E-state index in [0.717, 1.165) is 46.1 Å². The van der Waals surface area contributed by atoms with Crippen LogP contribution in [-0.4, -0.2) is 47.0 Å². The third-order valence-electron chi connectivity index (χ3n) is 5.44. The van der Waals surface area contributed by atoms with Crippen LogP contribution >= 0.6 is 11.3 Å². The molecule has 0 N–H and O–H groups in total. The van der Waals surface area contributed by atoms with E-state index in [4.69, 9.17) is 9.97 Å². The lowest BCUT2D eigenvalue weighted by Crippen LogP contribution is -2.49. The summed E-state index contributed by atoms with van der Waals surface area (Å²) in [5, 5.41) is 2.02. The van der Waals surface area contributed by atoms with Gasteiger partial charge in [0.05, 0.1) is 17.5 Å². The van der Waals surface area contributed by atoms with Gasteiger partial charge in [-0.15, -0.1) is 11.3 Å². The van der Waals surface area contributed by atoms with Gasteiger partial charge in [0.1, 0.15) is 5.69 Å². The fourth-order valence-electron chi connectivity index (χ4n) is 3.84. The van der Waals surface area contributed by atoms with E-state index in [1.165, 1.54) is 0 Å². The van der Waals surface area contributed by atoms with Crippen molar-refractivity contribution in [2.45, 2.75) is 6.42 Å². The van der Waals surface area contributed by atoms with Crippen molar-refractivity contribution in [3.8, 4) is 11.3 Å². The molecule has 0 aliphatic carbocycles. The second kappa shape index (κ2) is 8.24. The lowest BCUT2D eigenvalue weighted by Gasteiger charge is -2.36. The molecule has 0 saturated carbocycles. The quantitative estimate of drug-likeness (QED) is 0.501. The normalized spacial score (nSPS) is 14.3. The lowest BCUT2D eigenvalue weighted by molar-refractivity contribution is -0.130. The maximum absolute atomic E-state index is 12.7. The monoisotopic (exact) mass is 414 g/mol. The predicted molar refractivity (Wildman–Crippen MR) is 122 cm³/mol. The van der Waals surface area contributed by atoms with E-state index in [0.29, 0.717) is 19.5 Å². The Hall–Kier alpha value is -3.25. The number of hydrogen-bond acceptors (Lipinski definition) is 5. The highest BCUT2D eigenvalue weighted by Gasteiger charge is 2.25. The Balaban J connectivity index is 1.40. The number of amides is 1. The highest BCUT2D eigenvalue weighted by molar-refractivity contribution is 7.10. The Kier molecular flexibility index (Phi) is 5.15. The van der Waals surface area contributed by atoms with Crippen LogP contribution in [0.15, 0.2) is 72.1 Å². The third-order valence-corrected chi connectivity index (χ3v) is 6.31. The molecule has 5 rings (SSSR count). The second-order valence-corrected chi connectivity index (χ2v) is 8.41. The molecule has 30 heavy (non-hydrogen) atoms. The van der Waals surface area contributed by atoms with E-state index in [1.54, 1.807) is 11.3 Å². The van der Waals surface area contributed by atoms with Crippen LogP contribution in [0, 0.1) is 0 Å². The van der Waals surface area contributed by atoms with E-state index in [2.05, 4.69) is 17.0 Å². The number of rotatable bonds is 4. The summed E-state index contributed by atoms with van der Waals surface area (Å²) in [6, 6.07) is 22.2. The summed E-state index contributed by atoms with van der Waals surface area (Å²) in [5.74, 6) is 1.09. The van der Waals surface area contributed by atoms with Crippen molar-refractivity contribution in [3.63, 3.8) is 0 Å². The molecule has 1 aliphatic heterocycles. The number of aromatic nitrogens is 2. The molecule has 5 nitrogen and oxygen atoms in total. The molecule has 1 amide bonds. The summed E-state index contributed by atoms with van der Waals surface area (Å²) in [5.41, 5.74) is 3.74. The van der Waals surface area contributed by atoms with Crippen LogP contribution < -0.4 is 4.90 Å². The average molecular weight is 415 g/mol. The Morgan fingerprint density at radius 2 is 1.53 bits per heavy atom. The molecule has 3 heterocycles. The first-order valence-electron chi connectivity index (χ1n) is 10.2. The fraction of sp³-hybridized carbons (Fsp3) is 0.208. The number of carbonyl (C=O) groups is 1. The second-order valence-electron chi connectivity index (χ2n) is 7.37. The van der Waals surface area contributed by atoms with Crippen LogP contribution in [0.2, 0.25) is 0 Å². The number of benzene rings is 2. The van der Waals surface area contributed by atoms with E-state index in [-0.39, 0.29) is 5.91 Å². The number of fused-ring (bicyclic) bond motifs is 1. The van der Waals surface area contributed by atoms with Gasteiger partial charge in [-0.3, -0.25) is 4.79 Å². The van der Waals surface area contributed by atoms with Crippen LogP contribution in [0.4, 0.5) is 5.82 Å². The van der Waals surface area contributed by atoms with Crippen molar-refractivity contribution in [1.29, 1.82) is 0 Å². The van der Waals surface area contributed by atoms with E-state index < -0.39 is 0 Å². The van der Waals surface area contributed by atoms with Gasteiger partial charge >= 0.3 is 0 Å². The fourth-order valence-corrected chi connectivity index (χ4v) is 4.54. The first-order chi connectivity index (χ1) is 14.8.